The number of aromatic nitrogens is 2. The van der Waals surface area contributed by atoms with Crippen molar-refractivity contribution in [2.24, 2.45) is 0 Å². The molecule has 5 nitrogen and oxygen atoms in total. The summed E-state index contributed by atoms with van der Waals surface area (Å²) >= 11 is 11.3. The standard InChI is InChI=1S/C11H7Cl2N3O2/c12-7-3-6(1-2-8(7)17)11(18)16-10-5-14-9(13)4-15-10/h1-5,17H,(H,15,16,18). The summed E-state index contributed by atoms with van der Waals surface area (Å²) in [7, 11) is 0. The Morgan fingerprint density at radius 2 is 2.00 bits per heavy atom. The van der Waals surface area contributed by atoms with E-state index in [0.717, 1.165) is 0 Å². The van der Waals surface area contributed by atoms with Crippen molar-refractivity contribution >= 4 is 34.9 Å². The third-order valence-electron chi connectivity index (χ3n) is 2.07. The Morgan fingerprint density at radius 1 is 1.22 bits per heavy atom. The number of nitrogens with one attached hydrogen (secondary N) is 1. The van der Waals surface area contributed by atoms with E-state index >= 15 is 0 Å². The summed E-state index contributed by atoms with van der Waals surface area (Å²) in [6, 6.07) is 4.14. The van der Waals surface area contributed by atoms with Gasteiger partial charge in [0.05, 0.1) is 17.4 Å². The number of hydrogen-bond donors (Lipinski definition) is 2. The molecule has 2 N–H and O–H groups in total. The Balaban J connectivity index is 2.16. The van der Waals surface area contributed by atoms with Crippen molar-refractivity contribution in [3.63, 3.8) is 0 Å². The van der Waals surface area contributed by atoms with E-state index in [1.165, 1.54) is 30.6 Å². The summed E-state index contributed by atoms with van der Waals surface area (Å²) in [4.78, 5) is 19.5. The second kappa shape index (κ2) is 5.20. The van der Waals surface area contributed by atoms with Crippen LogP contribution in [0.5, 0.6) is 5.75 Å². The predicted molar refractivity (Wildman–Crippen MR) is 68.1 cm³/mol. The summed E-state index contributed by atoms with van der Waals surface area (Å²) < 4.78 is 0. The second-order valence-electron chi connectivity index (χ2n) is 3.34. The van der Waals surface area contributed by atoms with Gasteiger partial charge in [-0.1, -0.05) is 23.2 Å². The Labute approximate surface area is 112 Å². The monoisotopic (exact) mass is 283 g/mol. The lowest BCUT2D eigenvalue weighted by molar-refractivity contribution is 0.102. The number of phenolic OH excluding ortho intramolecular Hbond substituents is 1. The Bertz CT molecular complexity index is 587. The molecule has 2 aromatic rings. The molecule has 18 heavy (non-hydrogen) atoms. The third kappa shape index (κ3) is 2.88. The highest BCUT2D eigenvalue weighted by atomic mass is 35.5. The minimum Gasteiger partial charge on any atom is -0.506 e. The molecular formula is C11H7Cl2N3O2. The highest BCUT2D eigenvalue weighted by molar-refractivity contribution is 6.32. The molecule has 0 aliphatic rings. The number of anilines is 1. The molecule has 0 unspecified atom stereocenters. The van der Waals surface area contributed by atoms with Crippen LogP contribution in [0.3, 0.4) is 0 Å². The van der Waals surface area contributed by atoms with E-state index in [1.807, 2.05) is 0 Å². The van der Waals surface area contributed by atoms with Gasteiger partial charge >= 0.3 is 0 Å². The molecule has 2 rings (SSSR count). The quantitative estimate of drug-likeness (QED) is 0.889. The highest BCUT2D eigenvalue weighted by Crippen LogP contribution is 2.23. The number of carbonyl (C=O) groups is 1. The zero-order valence-electron chi connectivity index (χ0n) is 8.89. The lowest BCUT2D eigenvalue weighted by Crippen LogP contribution is -2.13. The van der Waals surface area contributed by atoms with Crippen molar-refractivity contribution in [3.05, 3.63) is 46.3 Å². The van der Waals surface area contributed by atoms with Gasteiger partial charge in [-0.25, -0.2) is 9.97 Å². The summed E-state index contributed by atoms with van der Waals surface area (Å²) in [5.74, 6) is -0.221. The van der Waals surface area contributed by atoms with Crippen LogP contribution in [-0.4, -0.2) is 21.0 Å². The number of rotatable bonds is 2. The number of hydrogen-bond acceptors (Lipinski definition) is 4. The van der Waals surface area contributed by atoms with Gasteiger partial charge in [-0.3, -0.25) is 4.79 Å². The van der Waals surface area contributed by atoms with E-state index in [9.17, 15) is 9.90 Å². The minimum absolute atomic E-state index is 0.0838. The molecule has 0 bridgehead atoms. The van der Waals surface area contributed by atoms with Crippen LogP contribution in [0.1, 0.15) is 10.4 Å². The summed E-state index contributed by atoms with van der Waals surface area (Å²) in [5.41, 5.74) is 0.301. The number of phenols is 1. The molecule has 0 aliphatic carbocycles. The van der Waals surface area contributed by atoms with Crippen molar-refractivity contribution in [2.45, 2.75) is 0 Å². The van der Waals surface area contributed by atoms with Gasteiger partial charge in [0.1, 0.15) is 10.9 Å². The smallest absolute Gasteiger partial charge is 0.256 e. The summed E-state index contributed by atoms with van der Waals surface area (Å²) in [5, 5.41) is 12.1. The first-order chi connectivity index (χ1) is 8.56. The second-order valence-corrected chi connectivity index (χ2v) is 4.14. The maximum absolute atomic E-state index is 11.8. The topological polar surface area (TPSA) is 75.1 Å². The molecule has 0 fully saturated rings. The number of halogens is 2. The first-order valence-corrected chi connectivity index (χ1v) is 5.59. The van der Waals surface area contributed by atoms with Gasteiger partial charge in [-0.15, -0.1) is 0 Å². The van der Waals surface area contributed by atoms with Crippen LogP contribution in [0, 0.1) is 0 Å². The first-order valence-electron chi connectivity index (χ1n) is 4.83. The molecule has 0 saturated carbocycles. The normalized spacial score (nSPS) is 10.1. The van der Waals surface area contributed by atoms with Gasteiger partial charge in [-0.05, 0) is 18.2 Å². The largest absolute Gasteiger partial charge is 0.506 e. The lowest BCUT2D eigenvalue weighted by Gasteiger charge is -2.05. The summed E-state index contributed by atoms with van der Waals surface area (Å²) in [6.45, 7) is 0. The fourth-order valence-corrected chi connectivity index (χ4v) is 1.49. The van der Waals surface area contributed by atoms with Crippen molar-refractivity contribution in [1.82, 2.24) is 9.97 Å². The van der Waals surface area contributed by atoms with E-state index in [1.54, 1.807) is 0 Å². The number of nitrogens with zero attached hydrogens (tertiary/aromatic N) is 2. The van der Waals surface area contributed by atoms with Gasteiger partial charge < -0.3 is 10.4 Å². The van der Waals surface area contributed by atoms with Gasteiger partial charge in [0.15, 0.2) is 5.82 Å². The molecule has 92 valence electrons. The number of carbonyl (C=O) groups excluding carboxylic acids is 1. The number of aromatic hydroxyl groups is 1. The maximum atomic E-state index is 11.8. The molecule has 0 aliphatic heterocycles. The van der Waals surface area contributed by atoms with Gasteiger partial charge in [-0.2, -0.15) is 0 Å². The van der Waals surface area contributed by atoms with E-state index in [4.69, 9.17) is 23.2 Å². The van der Waals surface area contributed by atoms with E-state index in [2.05, 4.69) is 15.3 Å². The Kier molecular flexibility index (Phi) is 3.64. The molecule has 1 aromatic heterocycles. The van der Waals surface area contributed by atoms with E-state index in [-0.39, 0.29) is 21.7 Å². The molecule has 0 spiro atoms. The SMILES string of the molecule is O=C(Nc1cnc(Cl)cn1)c1ccc(O)c(Cl)c1. The van der Waals surface area contributed by atoms with Crippen LogP contribution in [0.25, 0.3) is 0 Å². The first kappa shape index (κ1) is 12.6. The van der Waals surface area contributed by atoms with Gasteiger partial charge in [0, 0.05) is 5.56 Å². The average Bonchev–Trinajstić information content (AvgIpc) is 2.35. The number of amides is 1. The lowest BCUT2D eigenvalue weighted by atomic mass is 10.2. The van der Waals surface area contributed by atoms with Crippen LogP contribution in [0.15, 0.2) is 30.6 Å². The summed E-state index contributed by atoms with van der Waals surface area (Å²) in [6.07, 6.45) is 2.66. The van der Waals surface area contributed by atoms with Crippen LogP contribution in [0.2, 0.25) is 10.2 Å². The average molecular weight is 284 g/mol. The van der Waals surface area contributed by atoms with Crippen LogP contribution < -0.4 is 5.32 Å². The minimum atomic E-state index is -0.409. The molecule has 0 atom stereocenters. The molecule has 0 radical (unpaired) electrons. The zero-order valence-corrected chi connectivity index (χ0v) is 10.4. The van der Waals surface area contributed by atoms with Crippen molar-refractivity contribution in [1.29, 1.82) is 0 Å². The van der Waals surface area contributed by atoms with Crippen molar-refractivity contribution < 1.29 is 9.90 Å². The van der Waals surface area contributed by atoms with Crippen LogP contribution in [0.4, 0.5) is 5.82 Å². The van der Waals surface area contributed by atoms with Gasteiger partial charge in [0.25, 0.3) is 5.91 Å². The molecule has 1 heterocycles. The zero-order chi connectivity index (χ0) is 13.1. The van der Waals surface area contributed by atoms with Crippen LogP contribution >= 0.6 is 23.2 Å². The predicted octanol–water partition coefficient (Wildman–Crippen LogP) is 2.74. The fourth-order valence-electron chi connectivity index (χ4n) is 1.21. The fraction of sp³-hybridized carbons (Fsp3) is 0. The molecular weight excluding hydrogens is 277 g/mol. The van der Waals surface area contributed by atoms with Crippen molar-refractivity contribution in [2.75, 3.05) is 5.32 Å². The number of benzene rings is 1. The van der Waals surface area contributed by atoms with Crippen LogP contribution in [-0.2, 0) is 0 Å². The van der Waals surface area contributed by atoms with Crippen molar-refractivity contribution in [3.8, 4) is 5.75 Å². The molecule has 0 saturated heterocycles. The Hall–Kier alpha value is -1.85. The maximum Gasteiger partial charge on any atom is 0.256 e. The highest BCUT2D eigenvalue weighted by Gasteiger charge is 2.09. The Morgan fingerprint density at radius 3 is 2.61 bits per heavy atom. The van der Waals surface area contributed by atoms with Gasteiger partial charge in [0.2, 0.25) is 0 Å². The molecule has 1 aromatic carbocycles. The molecule has 7 heteroatoms. The third-order valence-corrected chi connectivity index (χ3v) is 2.57. The van der Waals surface area contributed by atoms with E-state index in [0.29, 0.717) is 5.56 Å². The van der Waals surface area contributed by atoms with E-state index < -0.39 is 5.91 Å². The molecule has 1 amide bonds.